The summed E-state index contributed by atoms with van der Waals surface area (Å²) in [6, 6.07) is 5.75. The van der Waals surface area contributed by atoms with E-state index in [-0.39, 0.29) is 0 Å². The summed E-state index contributed by atoms with van der Waals surface area (Å²) in [5.41, 5.74) is 3.93. The monoisotopic (exact) mass is 300 g/mol. The number of rotatable bonds is 3. The van der Waals surface area contributed by atoms with Gasteiger partial charge in [-0.1, -0.05) is 0 Å². The van der Waals surface area contributed by atoms with E-state index in [0.29, 0.717) is 5.75 Å². The second kappa shape index (κ2) is 5.29. The number of aromatic amines is 1. The van der Waals surface area contributed by atoms with Gasteiger partial charge in [0.05, 0.1) is 18.3 Å². The fourth-order valence-corrected chi connectivity index (χ4v) is 2.45. The van der Waals surface area contributed by atoms with E-state index in [4.69, 9.17) is 4.74 Å². The minimum Gasteiger partial charge on any atom is -0.496 e. The van der Waals surface area contributed by atoms with E-state index in [1.807, 2.05) is 32.0 Å². The molecule has 0 aliphatic heterocycles. The third kappa shape index (κ3) is 2.42. The Bertz CT molecular complexity index is 813. The van der Waals surface area contributed by atoms with Crippen LogP contribution < -0.4 is 10.1 Å². The number of benzene rings is 1. The maximum Gasteiger partial charge on any atom is 0.155 e. The summed E-state index contributed by atoms with van der Waals surface area (Å²) in [4.78, 5) is 5.15. The molecule has 0 fully saturated rings. The number of H-pyrrole nitrogens is 1. The molecule has 21 heavy (non-hydrogen) atoms. The molecule has 108 valence electrons. The van der Waals surface area contributed by atoms with Gasteiger partial charge in [0.15, 0.2) is 5.82 Å². The van der Waals surface area contributed by atoms with E-state index in [2.05, 4.69) is 33.1 Å². The zero-order chi connectivity index (χ0) is 15.0. The van der Waals surface area contributed by atoms with Gasteiger partial charge < -0.3 is 10.1 Å². The molecule has 3 rings (SSSR count). The Hall–Kier alpha value is -2.21. The minimum absolute atomic E-state index is 0.710. The van der Waals surface area contributed by atoms with Crippen molar-refractivity contribution in [3.63, 3.8) is 0 Å². The van der Waals surface area contributed by atoms with Crippen LogP contribution in [0.3, 0.4) is 0 Å². The molecule has 0 radical (unpaired) electrons. The second-order valence-electron chi connectivity index (χ2n) is 4.85. The number of fused-ring (bicyclic) bond motifs is 1. The molecule has 1 aromatic carbocycles. The quantitative estimate of drug-likeness (QED) is 0.647. The lowest BCUT2D eigenvalue weighted by Crippen LogP contribution is -1.95. The third-order valence-electron chi connectivity index (χ3n) is 3.55. The summed E-state index contributed by atoms with van der Waals surface area (Å²) >= 11 is 4.45. The average molecular weight is 300 g/mol. The summed E-state index contributed by atoms with van der Waals surface area (Å²) in [7, 11) is 1.62. The van der Waals surface area contributed by atoms with E-state index in [1.165, 1.54) is 0 Å². The van der Waals surface area contributed by atoms with Crippen molar-refractivity contribution in [2.75, 3.05) is 12.4 Å². The van der Waals surface area contributed by atoms with Gasteiger partial charge in [-0.2, -0.15) is 5.10 Å². The Labute approximate surface area is 128 Å². The van der Waals surface area contributed by atoms with E-state index in [1.54, 1.807) is 13.3 Å². The van der Waals surface area contributed by atoms with Gasteiger partial charge in [-0.05, 0) is 26.0 Å². The number of pyridine rings is 1. The van der Waals surface area contributed by atoms with Crippen LogP contribution in [-0.2, 0) is 0 Å². The first-order valence-corrected chi connectivity index (χ1v) is 6.99. The number of ether oxygens (including phenoxy) is 1. The molecule has 3 aromatic rings. The van der Waals surface area contributed by atoms with Crippen LogP contribution in [-0.4, -0.2) is 22.3 Å². The topological polar surface area (TPSA) is 62.8 Å². The van der Waals surface area contributed by atoms with Crippen molar-refractivity contribution >= 4 is 35.0 Å². The molecular formula is C15H16N4OS. The van der Waals surface area contributed by atoms with Gasteiger partial charge in [0.2, 0.25) is 0 Å². The first-order valence-electron chi connectivity index (χ1n) is 6.54. The molecule has 5 nitrogen and oxygen atoms in total. The van der Waals surface area contributed by atoms with Crippen LogP contribution in [0.1, 0.15) is 11.3 Å². The highest BCUT2D eigenvalue weighted by atomic mass is 32.1. The number of nitrogens with one attached hydrogen (secondary N) is 2. The SMILES string of the molecule is COc1cc2nccc(Nc3n[nH]c(C)c3C)c2cc1S. The Kier molecular flexibility index (Phi) is 3.47. The molecule has 0 spiro atoms. The zero-order valence-corrected chi connectivity index (χ0v) is 13.0. The van der Waals surface area contributed by atoms with E-state index in [9.17, 15) is 0 Å². The van der Waals surface area contributed by atoms with Gasteiger partial charge in [0.1, 0.15) is 5.75 Å². The number of aryl methyl sites for hydroxylation is 1. The molecule has 0 saturated heterocycles. The number of anilines is 2. The van der Waals surface area contributed by atoms with Gasteiger partial charge >= 0.3 is 0 Å². The van der Waals surface area contributed by atoms with Gasteiger partial charge in [0, 0.05) is 33.8 Å². The molecule has 2 N–H and O–H groups in total. The van der Waals surface area contributed by atoms with Crippen LogP contribution in [0.5, 0.6) is 5.75 Å². The Balaban J connectivity index is 2.10. The normalized spacial score (nSPS) is 10.9. The first-order chi connectivity index (χ1) is 10.1. The van der Waals surface area contributed by atoms with Crippen molar-refractivity contribution in [3.05, 3.63) is 35.7 Å². The molecule has 0 bridgehead atoms. The molecule has 0 atom stereocenters. The predicted molar refractivity (Wildman–Crippen MR) is 86.9 cm³/mol. The fraction of sp³-hybridized carbons (Fsp3) is 0.200. The van der Waals surface area contributed by atoms with E-state index in [0.717, 1.165) is 38.6 Å². The maximum atomic E-state index is 5.28. The Morgan fingerprint density at radius 2 is 2.10 bits per heavy atom. The van der Waals surface area contributed by atoms with Crippen LogP contribution in [0.2, 0.25) is 0 Å². The first kappa shape index (κ1) is 13.8. The highest BCUT2D eigenvalue weighted by Crippen LogP contribution is 2.32. The number of methoxy groups -OCH3 is 1. The summed E-state index contributed by atoms with van der Waals surface area (Å²) in [5.74, 6) is 1.53. The molecule has 0 aliphatic rings. The van der Waals surface area contributed by atoms with Gasteiger partial charge in [-0.15, -0.1) is 12.6 Å². The number of nitrogens with zero attached hydrogens (tertiary/aromatic N) is 2. The van der Waals surface area contributed by atoms with Gasteiger partial charge in [0.25, 0.3) is 0 Å². The van der Waals surface area contributed by atoms with Crippen LogP contribution in [0, 0.1) is 13.8 Å². The molecule has 2 aromatic heterocycles. The lowest BCUT2D eigenvalue weighted by atomic mass is 10.1. The molecule has 6 heteroatoms. The van der Waals surface area contributed by atoms with Crippen molar-refractivity contribution in [2.24, 2.45) is 0 Å². The number of hydrogen-bond acceptors (Lipinski definition) is 5. The lowest BCUT2D eigenvalue weighted by molar-refractivity contribution is 0.405. The van der Waals surface area contributed by atoms with Gasteiger partial charge in [-0.25, -0.2) is 0 Å². The average Bonchev–Trinajstić information content (AvgIpc) is 2.79. The summed E-state index contributed by atoms with van der Waals surface area (Å²) in [5, 5.41) is 11.6. The zero-order valence-electron chi connectivity index (χ0n) is 12.1. The smallest absolute Gasteiger partial charge is 0.155 e. The number of hydrogen-bond donors (Lipinski definition) is 3. The molecule has 0 unspecified atom stereocenters. The molecule has 0 saturated carbocycles. The van der Waals surface area contributed by atoms with Crippen molar-refractivity contribution in [3.8, 4) is 5.75 Å². The summed E-state index contributed by atoms with van der Waals surface area (Å²) in [6.07, 6.45) is 1.76. The lowest BCUT2D eigenvalue weighted by Gasteiger charge is -2.10. The molecule has 0 amide bonds. The third-order valence-corrected chi connectivity index (χ3v) is 3.90. The highest BCUT2D eigenvalue weighted by molar-refractivity contribution is 7.80. The van der Waals surface area contributed by atoms with Crippen LogP contribution >= 0.6 is 12.6 Å². The van der Waals surface area contributed by atoms with Crippen molar-refractivity contribution in [1.29, 1.82) is 0 Å². The van der Waals surface area contributed by atoms with E-state index >= 15 is 0 Å². The van der Waals surface area contributed by atoms with E-state index < -0.39 is 0 Å². The van der Waals surface area contributed by atoms with Crippen LogP contribution in [0.4, 0.5) is 11.5 Å². The van der Waals surface area contributed by atoms with Gasteiger partial charge in [-0.3, -0.25) is 10.1 Å². The van der Waals surface area contributed by atoms with Crippen molar-refractivity contribution < 1.29 is 4.74 Å². The number of thiol groups is 1. The summed E-state index contributed by atoms with van der Waals surface area (Å²) < 4.78 is 5.28. The Morgan fingerprint density at radius 3 is 2.76 bits per heavy atom. The molecule has 2 heterocycles. The molecule has 0 aliphatic carbocycles. The standard InChI is InChI=1S/C15H16N4OS/c1-8-9(2)18-19-15(8)17-11-4-5-16-12-7-13(20-3)14(21)6-10(11)12/h4-7,21H,1-3H3,(H2,16,17,18,19). The molecular weight excluding hydrogens is 284 g/mol. The van der Waals surface area contributed by atoms with Crippen molar-refractivity contribution in [2.45, 2.75) is 18.7 Å². The minimum atomic E-state index is 0.710. The summed E-state index contributed by atoms with van der Waals surface area (Å²) in [6.45, 7) is 4.02. The fourth-order valence-electron chi connectivity index (χ4n) is 2.17. The Morgan fingerprint density at radius 1 is 1.29 bits per heavy atom. The highest BCUT2D eigenvalue weighted by Gasteiger charge is 2.10. The largest absolute Gasteiger partial charge is 0.496 e. The van der Waals surface area contributed by atoms with Crippen LogP contribution in [0.25, 0.3) is 10.9 Å². The maximum absolute atomic E-state index is 5.28. The van der Waals surface area contributed by atoms with Crippen LogP contribution in [0.15, 0.2) is 29.3 Å². The second-order valence-corrected chi connectivity index (χ2v) is 5.33. The van der Waals surface area contributed by atoms with Crippen molar-refractivity contribution in [1.82, 2.24) is 15.2 Å². The number of aromatic nitrogens is 3. The predicted octanol–water partition coefficient (Wildman–Crippen LogP) is 3.62.